The highest BCUT2D eigenvalue weighted by molar-refractivity contribution is 7.72. The number of hydrogen-bond donors (Lipinski definition) is 1. The van der Waals surface area contributed by atoms with E-state index in [1.54, 1.807) is 14.2 Å². The molecule has 0 amide bonds. The molecule has 0 saturated carbocycles. The zero-order valence-corrected chi connectivity index (χ0v) is 17.3. The summed E-state index contributed by atoms with van der Waals surface area (Å²) in [5.74, 6) is 1.40. The van der Waals surface area contributed by atoms with Gasteiger partial charge in [0.2, 0.25) is 0 Å². The molecule has 5 nitrogen and oxygen atoms in total. The maximum atomic E-state index is 11.2. The lowest BCUT2D eigenvalue weighted by Crippen LogP contribution is -2.34. The SMILES string of the molecule is COc1ccc(C(OCC[SH](=O)=O)(c2ccccc2)c2ccc(OC)cc2)cc1. The molecule has 0 radical (unpaired) electrons. The van der Waals surface area contributed by atoms with Gasteiger partial charge in [0.05, 0.1) is 26.6 Å². The van der Waals surface area contributed by atoms with Crippen LogP contribution in [0.2, 0.25) is 0 Å². The van der Waals surface area contributed by atoms with Crippen LogP contribution in [0.1, 0.15) is 16.7 Å². The first kappa shape index (κ1) is 20.9. The van der Waals surface area contributed by atoms with E-state index in [-0.39, 0.29) is 12.4 Å². The number of hydrogen-bond acceptors (Lipinski definition) is 5. The first-order valence-corrected chi connectivity index (χ1v) is 10.6. The van der Waals surface area contributed by atoms with Gasteiger partial charge in [0, 0.05) is 0 Å². The number of thiol groups is 1. The Morgan fingerprint density at radius 1 is 0.690 bits per heavy atom. The summed E-state index contributed by atoms with van der Waals surface area (Å²) in [5.41, 5.74) is 1.66. The average Bonchev–Trinajstić information content (AvgIpc) is 2.77. The van der Waals surface area contributed by atoms with Crippen LogP contribution in [0, 0.1) is 0 Å². The Bertz CT molecular complexity index is 925. The van der Waals surface area contributed by atoms with Crippen molar-refractivity contribution < 1.29 is 22.6 Å². The second kappa shape index (κ2) is 9.58. The molecule has 0 aliphatic heterocycles. The maximum absolute atomic E-state index is 11.2. The Balaban J connectivity index is 2.21. The minimum atomic E-state index is -2.54. The Kier molecular flexibility index (Phi) is 6.90. The molecule has 0 spiro atoms. The van der Waals surface area contributed by atoms with Crippen LogP contribution in [0.25, 0.3) is 0 Å². The fraction of sp³-hybridized carbons (Fsp3) is 0.217. The smallest absolute Gasteiger partial charge is 0.143 e. The van der Waals surface area contributed by atoms with E-state index >= 15 is 0 Å². The second-order valence-electron chi connectivity index (χ2n) is 6.41. The molecule has 0 aliphatic carbocycles. The van der Waals surface area contributed by atoms with Gasteiger partial charge in [-0.3, -0.25) is 0 Å². The topological polar surface area (TPSA) is 61.8 Å². The number of methoxy groups -OCH3 is 2. The van der Waals surface area contributed by atoms with Crippen molar-refractivity contribution in [1.29, 1.82) is 0 Å². The zero-order chi connectivity index (χ0) is 20.7. The van der Waals surface area contributed by atoms with E-state index in [4.69, 9.17) is 14.2 Å². The molecule has 0 aromatic heterocycles. The van der Waals surface area contributed by atoms with Gasteiger partial charge in [-0.05, 0) is 41.0 Å². The molecule has 0 unspecified atom stereocenters. The van der Waals surface area contributed by atoms with Crippen molar-refractivity contribution in [2.45, 2.75) is 5.60 Å². The van der Waals surface area contributed by atoms with Crippen molar-refractivity contribution in [3.05, 3.63) is 95.6 Å². The van der Waals surface area contributed by atoms with Gasteiger partial charge in [-0.15, -0.1) is 0 Å². The molecule has 3 aromatic carbocycles. The zero-order valence-electron chi connectivity index (χ0n) is 16.4. The van der Waals surface area contributed by atoms with Crippen LogP contribution in [0.3, 0.4) is 0 Å². The van der Waals surface area contributed by atoms with Gasteiger partial charge in [0.25, 0.3) is 0 Å². The normalized spacial score (nSPS) is 11.4. The molecule has 29 heavy (non-hydrogen) atoms. The van der Waals surface area contributed by atoms with Crippen LogP contribution in [0.15, 0.2) is 78.9 Å². The summed E-state index contributed by atoms with van der Waals surface area (Å²) in [6.45, 7) is 0.0612. The predicted octanol–water partition coefficient (Wildman–Crippen LogP) is 3.62. The molecule has 0 aliphatic rings. The quantitative estimate of drug-likeness (QED) is 0.430. The molecule has 0 atom stereocenters. The fourth-order valence-electron chi connectivity index (χ4n) is 3.35. The van der Waals surface area contributed by atoms with Crippen molar-refractivity contribution in [3.63, 3.8) is 0 Å². The lowest BCUT2D eigenvalue weighted by molar-refractivity contribution is 0.0229. The lowest BCUT2D eigenvalue weighted by Gasteiger charge is -2.36. The van der Waals surface area contributed by atoms with E-state index in [1.165, 1.54) is 0 Å². The van der Waals surface area contributed by atoms with Crippen molar-refractivity contribution in [2.24, 2.45) is 0 Å². The van der Waals surface area contributed by atoms with Gasteiger partial charge in [0.1, 0.15) is 27.8 Å². The highest BCUT2D eigenvalue weighted by Gasteiger charge is 2.37. The summed E-state index contributed by atoms with van der Waals surface area (Å²) in [7, 11) is 0.690. The summed E-state index contributed by atoms with van der Waals surface area (Å²) >= 11 is 0. The molecule has 0 fully saturated rings. The Morgan fingerprint density at radius 3 is 1.55 bits per heavy atom. The van der Waals surface area contributed by atoms with Gasteiger partial charge in [-0.25, -0.2) is 8.42 Å². The molecule has 0 bridgehead atoms. The maximum Gasteiger partial charge on any atom is 0.143 e. The summed E-state index contributed by atoms with van der Waals surface area (Å²) < 4.78 is 39.3. The molecule has 152 valence electrons. The minimum absolute atomic E-state index is 0.0593. The molecule has 0 heterocycles. The molecule has 6 heteroatoms. The molecular formula is C23H24O5S. The van der Waals surface area contributed by atoms with Gasteiger partial charge in [-0.2, -0.15) is 0 Å². The van der Waals surface area contributed by atoms with E-state index in [1.807, 2.05) is 78.9 Å². The van der Waals surface area contributed by atoms with Crippen LogP contribution < -0.4 is 9.47 Å². The number of ether oxygens (including phenoxy) is 3. The summed E-state index contributed by atoms with van der Waals surface area (Å²) in [4.78, 5) is 0. The van der Waals surface area contributed by atoms with Gasteiger partial charge in [-0.1, -0.05) is 54.6 Å². The molecule has 3 rings (SSSR count). The number of rotatable bonds is 9. The standard InChI is InChI=1S/C23H24O5S/c1-26-21-12-8-19(9-13-21)23(28-16-17-29(24)25,18-6-4-3-5-7-18)20-10-14-22(27-2)15-11-20/h3-15,29H,16-17H2,1-2H3. The third-order valence-corrected chi connectivity index (χ3v) is 5.31. The van der Waals surface area contributed by atoms with E-state index < -0.39 is 16.3 Å². The highest BCUT2D eigenvalue weighted by Crippen LogP contribution is 2.41. The first-order chi connectivity index (χ1) is 14.1. The van der Waals surface area contributed by atoms with Crippen LogP contribution in [-0.4, -0.2) is 35.0 Å². The van der Waals surface area contributed by atoms with E-state index in [2.05, 4.69) is 0 Å². The molecule has 3 aromatic rings. The molecule has 0 saturated heterocycles. The predicted molar refractivity (Wildman–Crippen MR) is 113 cm³/mol. The monoisotopic (exact) mass is 412 g/mol. The van der Waals surface area contributed by atoms with Gasteiger partial charge in [0.15, 0.2) is 0 Å². The summed E-state index contributed by atoms with van der Waals surface area (Å²) in [6, 6.07) is 25.0. The van der Waals surface area contributed by atoms with Crippen LogP contribution in [0.4, 0.5) is 0 Å². The average molecular weight is 413 g/mol. The Labute approximate surface area is 172 Å². The van der Waals surface area contributed by atoms with Crippen molar-refractivity contribution in [3.8, 4) is 11.5 Å². The summed E-state index contributed by atoms with van der Waals surface area (Å²) in [6.07, 6.45) is 0. The lowest BCUT2D eigenvalue weighted by atomic mass is 9.80. The van der Waals surface area contributed by atoms with Gasteiger partial charge < -0.3 is 14.2 Å². The Morgan fingerprint density at radius 2 is 1.14 bits per heavy atom. The van der Waals surface area contributed by atoms with Crippen molar-refractivity contribution >= 4 is 10.7 Å². The second-order valence-corrected chi connectivity index (χ2v) is 7.52. The fourth-order valence-corrected chi connectivity index (χ4v) is 3.59. The van der Waals surface area contributed by atoms with Crippen LogP contribution in [0.5, 0.6) is 11.5 Å². The summed E-state index contributed by atoms with van der Waals surface area (Å²) in [5, 5.41) is 0. The van der Waals surface area contributed by atoms with E-state index in [9.17, 15) is 8.42 Å². The molecular weight excluding hydrogens is 388 g/mol. The number of benzene rings is 3. The largest absolute Gasteiger partial charge is 0.497 e. The molecule has 0 N–H and O–H groups in total. The van der Waals surface area contributed by atoms with Gasteiger partial charge >= 0.3 is 0 Å². The van der Waals surface area contributed by atoms with Crippen LogP contribution in [-0.2, 0) is 21.0 Å². The third-order valence-electron chi connectivity index (χ3n) is 4.77. The first-order valence-electron chi connectivity index (χ1n) is 9.20. The highest BCUT2D eigenvalue weighted by atomic mass is 32.2. The van der Waals surface area contributed by atoms with E-state index in [0.717, 1.165) is 28.2 Å². The van der Waals surface area contributed by atoms with Crippen molar-refractivity contribution in [2.75, 3.05) is 26.6 Å². The van der Waals surface area contributed by atoms with Crippen molar-refractivity contribution in [1.82, 2.24) is 0 Å². The Hall–Kier alpha value is -2.83. The van der Waals surface area contributed by atoms with Crippen LogP contribution >= 0.6 is 0 Å². The van der Waals surface area contributed by atoms with E-state index in [0.29, 0.717) is 0 Å². The minimum Gasteiger partial charge on any atom is -0.497 e. The third kappa shape index (κ3) is 4.60.